The van der Waals surface area contributed by atoms with Crippen LogP contribution in [0.2, 0.25) is 0 Å². The predicted molar refractivity (Wildman–Crippen MR) is 122 cm³/mol. The molecule has 0 saturated carbocycles. The Hall–Kier alpha value is -1.83. The van der Waals surface area contributed by atoms with Crippen molar-refractivity contribution in [3.63, 3.8) is 0 Å². The lowest BCUT2D eigenvalue weighted by atomic mass is 10.2. The number of benzene rings is 2. The third kappa shape index (κ3) is 5.62. The summed E-state index contributed by atoms with van der Waals surface area (Å²) in [5.41, 5.74) is 3.15. The van der Waals surface area contributed by atoms with Crippen LogP contribution in [0.15, 0.2) is 48.5 Å². The Labute approximate surface area is 180 Å². The topological polar surface area (TPSA) is 50.8 Å². The highest BCUT2D eigenvalue weighted by molar-refractivity contribution is 8.16. The minimum absolute atomic E-state index is 0.0102. The first-order valence-electron chi connectivity index (χ1n) is 9.97. The summed E-state index contributed by atoms with van der Waals surface area (Å²) in [6, 6.07) is 16.0. The Morgan fingerprint density at radius 2 is 1.79 bits per heavy atom. The third-order valence-corrected chi connectivity index (χ3v) is 7.89. The fourth-order valence-electron chi connectivity index (χ4n) is 3.40. The number of hydrogen-bond donors (Lipinski definition) is 1. The number of thioether (sulfide) groups is 2. The van der Waals surface area contributed by atoms with Gasteiger partial charge >= 0.3 is 0 Å². The number of para-hydroxylation sites is 2. The molecule has 0 bridgehead atoms. The Morgan fingerprint density at radius 3 is 2.55 bits per heavy atom. The molecule has 0 radical (unpaired) electrons. The van der Waals surface area contributed by atoms with E-state index in [1.807, 2.05) is 59.9 Å². The maximum absolute atomic E-state index is 12.4. The van der Waals surface area contributed by atoms with Crippen LogP contribution in [0.4, 0.5) is 11.4 Å². The molecule has 2 aromatic rings. The second-order valence-electron chi connectivity index (χ2n) is 6.95. The fraction of sp³-hybridized carbons (Fsp3) is 0.409. The van der Waals surface area contributed by atoms with E-state index in [1.165, 1.54) is 23.5 Å². The number of hydrogen-bond acceptors (Lipinski definition) is 6. The summed E-state index contributed by atoms with van der Waals surface area (Å²) in [5.74, 6) is 3.01. The fourth-order valence-corrected chi connectivity index (χ4v) is 6.29. The number of amides is 1. The van der Waals surface area contributed by atoms with Gasteiger partial charge in [0.05, 0.1) is 29.2 Å². The van der Waals surface area contributed by atoms with E-state index >= 15 is 0 Å². The number of morpholine rings is 1. The standard InChI is InChI=1S/C22H26N2O3S2/c25-21(23-19-4-1-2-5-20(19)24-10-12-26-13-11-24)16-27-18-8-6-17(7-9-18)22-28-14-3-15-29-22/h1-2,4-9,22H,3,10-16H2,(H,23,25). The molecule has 0 unspecified atom stereocenters. The Bertz CT molecular complexity index is 804. The van der Waals surface area contributed by atoms with Crippen LogP contribution in [0.1, 0.15) is 16.6 Å². The van der Waals surface area contributed by atoms with E-state index in [-0.39, 0.29) is 12.5 Å². The third-order valence-electron chi connectivity index (χ3n) is 4.88. The molecular weight excluding hydrogens is 404 g/mol. The summed E-state index contributed by atoms with van der Waals surface area (Å²) in [5, 5.41) is 2.99. The Balaban J connectivity index is 1.31. The van der Waals surface area contributed by atoms with E-state index in [1.54, 1.807) is 0 Å². The molecule has 2 aromatic carbocycles. The summed E-state index contributed by atoms with van der Waals surface area (Å²) in [7, 11) is 0. The van der Waals surface area contributed by atoms with Crippen LogP contribution in [-0.2, 0) is 9.53 Å². The van der Waals surface area contributed by atoms with Crippen molar-refractivity contribution in [1.29, 1.82) is 0 Å². The molecule has 2 aliphatic rings. The smallest absolute Gasteiger partial charge is 0.262 e. The molecule has 2 saturated heterocycles. The Morgan fingerprint density at radius 1 is 1.07 bits per heavy atom. The highest BCUT2D eigenvalue weighted by atomic mass is 32.2. The number of carbonyl (C=O) groups excluding carboxylic acids is 1. The van der Waals surface area contributed by atoms with Crippen molar-refractivity contribution in [3.8, 4) is 5.75 Å². The number of nitrogens with zero attached hydrogens (tertiary/aromatic N) is 1. The largest absolute Gasteiger partial charge is 0.484 e. The van der Waals surface area contributed by atoms with E-state index in [0.717, 1.165) is 30.2 Å². The molecule has 2 aliphatic heterocycles. The molecule has 2 heterocycles. The molecule has 154 valence electrons. The van der Waals surface area contributed by atoms with Crippen molar-refractivity contribution in [3.05, 3.63) is 54.1 Å². The monoisotopic (exact) mass is 430 g/mol. The molecule has 5 nitrogen and oxygen atoms in total. The van der Waals surface area contributed by atoms with Crippen molar-refractivity contribution < 1.29 is 14.3 Å². The molecule has 0 spiro atoms. The van der Waals surface area contributed by atoms with Crippen molar-refractivity contribution in [2.24, 2.45) is 0 Å². The van der Waals surface area contributed by atoms with Crippen LogP contribution in [0, 0.1) is 0 Å². The number of carbonyl (C=O) groups is 1. The van der Waals surface area contributed by atoms with Crippen LogP contribution < -0.4 is 15.0 Å². The van der Waals surface area contributed by atoms with Gasteiger partial charge in [-0.1, -0.05) is 24.3 Å². The zero-order valence-corrected chi connectivity index (χ0v) is 18.0. The molecule has 7 heteroatoms. The highest BCUT2D eigenvalue weighted by Gasteiger charge is 2.17. The van der Waals surface area contributed by atoms with Crippen molar-refractivity contribution in [1.82, 2.24) is 0 Å². The number of nitrogens with one attached hydrogen (secondary N) is 1. The Kier molecular flexibility index (Phi) is 7.24. The zero-order valence-electron chi connectivity index (χ0n) is 16.3. The van der Waals surface area contributed by atoms with Crippen LogP contribution in [-0.4, -0.2) is 50.3 Å². The number of anilines is 2. The van der Waals surface area contributed by atoms with E-state index < -0.39 is 0 Å². The molecule has 0 aromatic heterocycles. The maximum Gasteiger partial charge on any atom is 0.262 e. The number of rotatable bonds is 6. The van der Waals surface area contributed by atoms with Gasteiger partial charge in [0.2, 0.25) is 0 Å². The molecular formula is C22H26N2O3S2. The van der Waals surface area contributed by atoms with Gasteiger partial charge < -0.3 is 19.7 Å². The normalized spacial score (nSPS) is 17.7. The minimum Gasteiger partial charge on any atom is -0.484 e. The summed E-state index contributed by atoms with van der Waals surface area (Å²) >= 11 is 4.00. The van der Waals surface area contributed by atoms with Gasteiger partial charge in [0.1, 0.15) is 5.75 Å². The second kappa shape index (κ2) is 10.3. The minimum atomic E-state index is -0.159. The highest BCUT2D eigenvalue weighted by Crippen LogP contribution is 2.43. The van der Waals surface area contributed by atoms with Crippen molar-refractivity contribution in [2.45, 2.75) is 11.0 Å². The average Bonchev–Trinajstić information content (AvgIpc) is 2.80. The summed E-state index contributed by atoms with van der Waals surface area (Å²) in [6.45, 7) is 3.06. The first kappa shape index (κ1) is 20.4. The van der Waals surface area contributed by atoms with Gasteiger partial charge in [0.25, 0.3) is 5.91 Å². The van der Waals surface area contributed by atoms with Gasteiger partial charge in [-0.3, -0.25) is 4.79 Å². The first-order valence-corrected chi connectivity index (χ1v) is 12.1. The lowest BCUT2D eigenvalue weighted by molar-refractivity contribution is -0.118. The van der Waals surface area contributed by atoms with E-state index in [9.17, 15) is 4.79 Å². The molecule has 0 aliphatic carbocycles. The van der Waals surface area contributed by atoms with Gasteiger partial charge in [-0.2, -0.15) is 0 Å². The molecule has 0 atom stereocenters. The van der Waals surface area contributed by atoms with Crippen molar-refractivity contribution >= 4 is 40.8 Å². The summed E-state index contributed by atoms with van der Waals surface area (Å²) in [4.78, 5) is 14.7. The van der Waals surface area contributed by atoms with Crippen LogP contribution in [0.5, 0.6) is 5.75 Å². The molecule has 1 N–H and O–H groups in total. The van der Waals surface area contributed by atoms with Gasteiger partial charge in [0, 0.05) is 13.1 Å². The summed E-state index contributed by atoms with van der Waals surface area (Å²) in [6.07, 6.45) is 1.29. The molecule has 4 rings (SSSR count). The van der Waals surface area contributed by atoms with E-state index in [0.29, 0.717) is 17.8 Å². The quantitative estimate of drug-likeness (QED) is 0.733. The van der Waals surface area contributed by atoms with Gasteiger partial charge in [-0.25, -0.2) is 0 Å². The van der Waals surface area contributed by atoms with Crippen LogP contribution in [0.25, 0.3) is 0 Å². The lowest BCUT2D eigenvalue weighted by Gasteiger charge is -2.30. The van der Waals surface area contributed by atoms with Gasteiger partial charge in [0.15, 0.2) is 6.61 Å². The number of ether oxygens (including phenoxy) is 2. The molecule has 1 amide bonds. The maximum atomic E-state index is 12.4. The zero-order chi connectivity index (χ0) is 19.9. The second-order valence-corrected chi connectivity index (χ2v) is 9.67. The summed E-state index contributed by atoms with van der Waals surface area (Å²) < 4.78 is 11.6. The van der Waals surface area contributed by atoms with Crippen LogP contribution in [0.3, 0.4) is 0 Å². The predicted octanol–water partition coefficient (Wildman–Crippen LogP) is 4.41. The van der Waals surface area contributed by atoms with Gasteiger partial charge in [-0.15, -0.1) is 23.5 Å². The molecule has 2 fully saturated rings. The van der Waals surface area contributed by atoms with Crippen molar-refractivity contribution in [2.75, 3.05) is 54.6 Å². The molecule has 29 heavy (non-hydrogen) atoms. The van der Waals surface area contributed by atoms with E-state index in [4.69, 9.17) is 9.47 Å². The SMILES string of the molecule is O=C(COc1ccc(C2SCCCS2)cc1)Nc1ccccc1N1CCOCC1. The van der Waals surface area contributed by atoms with E-state index in [2.05, 4.69) is 22.3 Å². The first-order chi connectivity index (χ1) is 14.3. The lowest BCUT2D eigenvalue weighted by Crippen LogP contribution is -2.36. The average molecular weight is 431 g/mol. The van der Waals surface area contributed by atoms with Crippen LogP contribution >= 0.6 is 23.5 Å². The van der Waals surface area contributed by atoms with Gasteiger partial charge in [-0.05, 0) is 47.8 Å².